The molecule has 0 heterocycles. The first-order chi connectivity index (χ1) is 20.4. The average Bonchev–Trinajstić information content (AvgIpc) is 3.35. The van der Waals surface area contributed by atoms with Crippen LogP contribution in [0.5, 0.6) is 0 Å². The highest BCUT2D eigenvalue weighted by Gasteiger charge is 2.65. The minimum absolute atomic E-state index is 0.0122. The number of sulfone groups is 1. The van der Waals surface area contributed by atoms with Crippen LogP contribution in [0.1, 0.15) is 65.2 Å². The van der Waals surface area contributed by atoms with Crippen molar-refractivity contribution in [1.82, 2.24) is 0 Å². The summed E-state index contributed by atoms with van der Waals surface area (Å²) in [6.45, 7) is 4.04. The van der Waals surface area contributed by atoms with Gasteiger partial charge in [-0.05, 0) is 95.9 Å². The molecule has 3 aliphatic rings. The second kappa shape index (κ2) is 11.2. The van der Waals surface area contributed by atoms with E-state index >= 15 is 0 Å². The zero-order chi connectivity index (χ0) is 30.5. The van der Waals surface area contributed by atoms with Crippen LogP contribution in [0, 0.1) is 16.7 Å². The molecule has 6 nitrogen and oxygen atoms in total. The van der Waals surface area contributed by atoms with E-state index < -0.39 is 46.3 Å². The molecule has 0 N–H and O–H groups in total. The van der Waals surface area contributed by atoms with Gasteiger partial charge in [-0.1, -0.05) is 69.5 Å². The Morgan fingerprint density at radius 3 is 1.70 bits per heavy atom. The third kappa shape index (κ3) is 5.10. The number of carbonyl (C=O) groups excluding carboxylic acids is 1. The van der Waals surface area contributed by atoms with Crippen LogP contribution in [0.15, 0.2) is 105 Å². The van der Waals surface area contributed by atoms with E-state index in [0.29, 0.717) is 40.4 Å². The molecule has 0 radical (unpaired) electrons. The van der Waals surface area contributed by atoms with Gasteiger partial charge in [-0.2, -0.15) is 8.42 Å². The summed E-state index contributed by atoms with van der Waals surface area (Å²) in [5.74, 6) is -0.183. The van der Waals surface area contributed by atoms with Crippen LogP contribution in [0.25, 0.3) is 0 Å². The molecule has 43 heavy (non-hydrogen) atoms. The highest BCUT2D eigenvalue weighted by molar-refractivity contribution is 8.33. The molecule has 3 saturated carbocycles. The topological polar surface area (TPSA) is 94.6 Å². The van der Waals surface area contributed by atoms with Gasteiger partial charge >= 0.3 is 0 Å². The van der Waals surface area contributed by atoms with Gasteiger partial charge in [-0.15, -0.1) is 0 Å². The Kier molecular flexibility index (Phi) is 7.93. The van der Waals surface area contributed by atoms with Crippen molar-refractivity contribution in [2.24, 2.45) is 16.7 Å². The zero-order valence-electron chi connectivity index (χ0n) is 24.8. The van der Waals surface area contributed by atoms with Crippen molar-refractivity contribution in [3.8, 4) is 0 Å². The van der Waals surface area contributed by atoms with Crippen molar-refractivity contribution in [3.63, 3.8) is 0 Å². The molecule has 9 heteroatoms. The van der Waals surface area contributed by atoms with E-state index in [2.05, 4.69) is 0 Å². The minimum Gasteiger partial charge on any atom is -0.299 e. The average molecular weight is 641 g/mol. The van der Waals surface area contributed by atoms with Gasteiger partial charge in [0.15, 0.2) is 9.84 Å². The maximum absolute atomic E-state index is 14.3. The van der Waals surface area contributed by atoms with Crippen LogP contribution in [-0.4, -0.2) is 33.6 Å². The molecule has 3 fully saturated rings. The van der Waals surface area contributed by atoms with E-state index in [9.17, 15) is 21.6 Å². The van der Waals surface area contributed by atoms with Crippen LogP contribution in [0.3, 0.4) is 0 Å². The van der Waals surface area contributed by atoms with Gasteiger partial charge in [0.1, 0.15) is 5.78 Å². The number of hydrogen-bond acceptors (Lipinski definition) is 6. The van der Waals surface area contributed by atoms with Gasteiger partial charge in [0.05, 0.1) is 21.3 Å². The van der Waals surface area contributed by atoms with Crippen molar-refractivity contribution in [1.29, 1.82) is 0 Å². The molecule has 2 unspecified atom stereocenters. The number of Topliss-reactive ketones (excluding diaryl/α,β-unsaturated/α-hetero) is 1. The quantitative estimate of drug-likeness (QED) is 0.238. The molecule has 6 rings (SSSR count). The number of rotatable bonds is 9. The van der Waals surface area contributed by atoms with E-state index in [1.165, 1.54) is 0 Å². The molecule has 0 amide bonds. The second-order valence-corrected chi connectivity index (χ2v) is 19.6. The third-order valence-electron chi connectivity index (χ3n) is 10.4. The lowest BCUT2D eigenvalue weighted by Gasteiger charge is -2.41. The molecule has 2 bridgehead atoms. The normalized spacial score (nSPS) is 24.7. The van der Waals surface area contributed by atoms with Crippen molar-refractivity contribution in [2.45, 2.75) is 90.0 Å². The van der Waals surface area contributed by atoms with E-state index in [0.717, 1.165) is 25.7 Å². The van der Waals surface area contributed by atoms with Crippen molar-refractivity contribution >= 4 is 36.0 Å². The van der Waals surface area contributed by atoms with Crippen LogP contribution in [0.2, 0.25) is 0 Å². The third-order valence-corrected chi connectivity index (χ3v) is 18.0. The fourth-order valence-electron chi connectivity index (χ4n) is 7.73. The maximum Gasteiger partial charge on any atom is 0.278 e. The van der Waals surface area contributed by atoms with E-state index in [1.807, 2.05) is 74.5 Å². The molecule has 3 aliphatic carbocycles. The molecule has 0 aliphatic heterocycles. The Morgan fingerprint density at radius 1 is 0.698 bits per heavy atom. The number of benzene rings is 3. The van der Waals surface area contributed by atoms with E-state index in [1.54, 1.807) is 24.3 Å². The summed E-state index contributed by atoms with van der Waals surface area (Å²) in [7, 11) is -10.7. The lowest BCUT2D eigenvalue weighted by molar-refractivity contribution is -0.128. The first-order valence-electron chi connectivity index (χ1n) is 15.2. The maximum atomic E-state index is 14.3. The number of fused-ring (bicyclic) bond motifs is 2. The molecule has 0 aromatic heterocycles. The molecule has 0 spiro atoms. The van der Waals surface area contributed by atoms with Crippen LogP contribution >= 0.6 is 10.3 Å². The van der Waals surface area contributed by atoms with Crippen LogP contribution in [0.4, 0.5) is 0 Å². The number of ketones is 1. The largest absolute Gasteiger partial charge is 0.299 e. The van der Waals surface area contributed by atoms with Crippen molar-refractivity contribution in [2.75, 3.05) is 5.75 Å². The van der Waals surface area contributed by atoms with Gasteiger partial charge in [0, 0.05) is 21.1 Å². The van der Waals surface area contributed by atoms with Crippen molar-refractivity contribution in [3.05, 3.63) is 84.9 Å². The highest BCUT2D eigenvalue weighted by atomic mass is 32.3. The summed E-state index contributed by atoms with van der Waals surface area (Å²) < 4.78 is 62.2. The highest BCUT2D eigenvalue weighted by Crippen LogP contribution is 2.71. The Bertz CT molecular complexity index is 1660. The fraction of sp³-hybridized carbons (Fsp3) is 0.441. The number of hydrogen-bond donors (Lipinski definition) is 0. The zero-order valence-corrected chi connectivity index (χ0v) is 27.2. The first kappa shape index (κ1) is 30.6. The molecule has 230 valence electrons. The molecule has 3 aromatic rings. The molecule has 3 aromatic carbocycles. The smallest absolute Gasteiger partial charge is 0.278 e. The van der Waals surface area contributed by atoms with E-state index in [4.69, 9.17) is 3.63 Å². The molecule has 2 atom stereocenters. The van der Waals surface area contributed by atoms with Gasteiger partial charge in [-0.25, -0.2) is 12.0 Å². The Balaban J connectivity index is 1.47. The summed E-state index contributed by atoms with van der Waals surface area (Å²) >= 11 is 0. The molecular formula is C34H40O6S3. The van der Waals surface area contributed by atoms with E-state index in [-0.39, 0.29) is 22.3 Å². The monoisotopic (exact) mass is 640 g/mol. The Hall–Kier alpha value is -2.46. The standard InChI is InChI=1S/C34H40O6S3/c1-33(2)26-22-23-34(33,32(35)24-26)25-41(36,37)40-42(27-12-6-3-7-13-27,28-14-8-4-9-15-28)29-18-20-31(21-19-29)43(38,39)30-16-10-5-11-17-30/h3-4,6-9,12-15,18-21,26,30H,5,10-11,16-17,22-25H2,1-2H3. The van der Waals surface area contributed by atoms with Crippen LogP contribution < -0.4 is 0 Å². The lowest BCUT2D eigenvalue weighted by atomic mass is 9.70. The van der Waals surface area contributed by atoms with Gasteiger partial charge < -0.3 is 0 Å². The Morgan fingerprint density at radius 2 is 1.21 bits per heavy atom. The second-order valence-electron chi connectivity index (χ2n) is 12.9. The summed E-state index contributed by atoms with van der Waals surface area (Å²) in [6.07, 6.45) is 5.98. The van der Waals surface area contributed by atoms with Gasteiger partial charge in [-0.3, -0.25) is 4.79 Å². The van der Waals surface area contributed by atoms with Crippen LogP contribution in [-0.2, 0) is 28.4 Å². The SMILES string of the molecule is CC1(C)C2CCC1(CS(=O)(=O)OS(c1ccccc1)(c1ccccc1)c1ccc(S(=O)(=O)C3CCCCC3)cc1)C(=O)C2. The molecule has 0 saturated heterocycles. The first-order valence-corrected chi connectivity index (χ1v) is 19.9. The number of carbonyl (C=O) groups is 1. The van der Waals surface area contributed by atoms with Gasteiger partial charge in [0.2, 0.25) is 0 Å². The predicted molar refractivity (Wildman–Crippen MR) is 169 cm³/mol. The van der Waals surface area contributed by atoms with Crippen molar-refractivity contribution < 1.29 is 25.3 Å². The summed E-state index contributed by atoms with van der Waals surface area (Å²) in [6, 6.07) is 25.2. The summed E-state index contributed by atoms with van der Waals surface area (Å²) in [5, 5.41) is -0.397. The summed E-state index contributed by atoms with van der Waals surface area (Å²) in [4.78, 5) is 15.5. The minimum atomic E-state index is -4.27. The fourth-order valence-corrected chi connectivity index (χ4v) is 15.7. The summed E-state index contributed by atoms with van der Waals surface area (Å²) in [5.41, 5.74) is -1.42. The predicted octanol–water partition coefficient (Wildman–Crippen LogP) is 7.73. The lowest BCUT2D eigenvalue weighted by Crippen LogP contribution is -2.42. The Labute approximate surface area is 257 Å². The van der Waals surface area contributed by atoms with Gasteiger partial charge in [0.25, 0.3) is 10.1 Å². The molecular weight excluding hydrogens is 601 g/mol.